The SMILES string of the molecule is CN(C)CCCNc1ccc(N=Cc2c(O)[nH]c3cccc(F)c23)cc1. The molecule has 0 fully saturated rings. The number of fused-ring (bicyclic) bond motifs is 1. The lowest BCUT2D eigenvalue weighted by Crippen LogP contribution is -2.16. The molecule has 0 spiro atoms. The van der Waals surface area contributed by atoms with Gasteiger partial charge in [-0.1, -0.05) is 6.07 Å². The highest BCUT2D eigenvalue weighted by Crippen LogP contribution is 2.28. The van der Waals surface area contributed by atoms with Crippen molar-refractivity contribution in [3.8, 4) is 5.88 Å². The van der Waals surface area contributed by atoms with Gasteiger partial charge in [0.1, 0.15) is 5.82 Å². The molecule has 0 atom stereocenters. The van der Waals surface area contributed by atoms with Crippen molar-refractivity contribution < 1.29 is 9.50 Å². The minimum atomic E-state index is -0.391. The molecule has 0 unspecified atom stereocenters. The molecule has 0 amide bonds. The number of aromatic nitrogens is 1. The Balaban J connectivity index is 1.69. The molecule has 1 aromatic heterocycles. The van der Waals surface area contributed by atoms with E-state index in [2.05, 4.69) is 34.3 Å². The Kier molecular flexibility index (Phi) is 5.53. The van der Waals surface area contributed by atoms with Gasteiger partial charge in [0.25, 0.3) is 0 Å². The van der Waals surface area contributed by atoms with Crippen molar-refractivity contribution in [2.75, 3.05) is 32.5 Å². The number of benzene rings is 2. The maximum atomic E-state index is 14.0. The zero-order chi connectivity index (χ0) is 18.5. The second-order valence-corrected chi connectivity index (χ2v) is 6.44. The molecular weight excluding hydrogens is 331 g/mol. The fraction of sp³-hybridized carbons (Fsp3) is 0.250. The number of hydrogen-bond acceptors (Lipinski definition) is 4. The molecule has 1 heterocycles. The number of rotatable bonds is 7. The fourth-order valence-corrected chi connectivity index (χ4v) is 2.77. The topological polar surface area (TPSA) is 63.6 Å². The monoisotopic (exact) mass is 354 g/mol. The summed E-state index contributed by atoms with van der Waals surface area (Å²) >= 11 is 0. The third-order valence-electron chi connectivity index (χ3n) is 4.11. The van der Waals surface area contributed by atoms with Gasteiger partial charge in [0.2, 0.25) is 0 Å². The van der Waals surface area contributed by atoms with E-state index in [1.807, 2.05) is 24.3 Å². The van der Waals surface area contributed by atoms with Gasteiger partial charge in [0.15, 0.2) is 5.88 Å². The lowest BCUT2D eigenvalue weighted by molar-refractivity contribution is 0.405. The molecule has 3 rings (SSSR count). The number of aromatic hydroxyl groups is 1. The third-order valence-corrected chi connectivity index (χ3v) is 4.11. The molecule has 0 saturated carbocycles. The predicted molar refractivity (Wildman–Crippen MR) is 105 cm³/mol. The van der Waals surface area contributed by atoms with Gasteiger partial charge in [0, 0.05) is 23.8 Å². The quantitative estimate of drug-likeness (QED) is 0.442. The van der Waals surface area contributed by atoms with Crippen LogP contribution in [0.2, 0.25) is 0 Å². The van der Waals surface area contributed by atoms with Crippen molar-refractivity contribution in [2.24, 2.45) is 4.99 Å². The Morgan fingerprint density at radius 2 is 1.96 bits per heavy atom. The van der Waals surface area contributed by atoms with Crippen LogP contribution >= 0.6 is 0 Å². The van der Waals surface area contributed by atoms with Crippen molar-refractivity contribution in [3.63, 3.8) is 0 Å². The first kappa shape index (κ1) is 17.9. The summed E-state index contributed by atoms with van der Waals surface area (Å²) < 4.78 is 14.0. The zero-order valence-corrected chi connectivity index (χ0v) is 15.0. The largest absolute Gasteiger partial charge is 0.494 e. The molecule has 0 saturated heterocycles. The molecule has 3 N–H and O–H groups in total. The van der Waals surface area contributed by atoms with Crippen LogP contribution in [0.3, 0.4) is 0 Å². The summed E-state index contributed by atoms with van der Waals surface area (Å²) in [6.07, 6.45) is 2.55. The van der Waals surface area contributed by atoms with Gasteiger partial charge < -0.3 is 20.3 Å². The van der Waals surface area contributed by atoms with Gasteiger partial charge in [-0.2, -0.15) is 0 Å². The summed E-state index contributed by atoms with van der Waals surface area (Å²) in [7, 11) is 4.12. The summed E-state index contributed by atoms with van der Waals surface area (Å²) in [5.74, 6) is -0.481. The number of nitrogens with one attached hydrogen (secondary N) is 2. The van der Waals surface area contributed by atoms with Crippen LogP contribution in [0.25, 0.3) is 10.9 Å². The zero-order valence-electron chi connectivity index (χ0n) is 15.0. The van der Waals surface area contributed by atoms with E-state index in [1.165, 1.54) is 12.3 Å². The molecule has 0 aliphatic rings. The second-order valence-electron chi connectivity index (χ2n) is 6.44. The Bertz CT molecular complexity index is 900. The van der Waals surface area contributed by atoms with E-state index in [1.54, 1.807) is 12.1 Å². The maximum Gasteiger partial charge on any atom is 0.198 e. The lowest BCUT2D eigenvalue weighted by Gasteiger charge is -2.10. The van der Waals surface area contributed by atoms with Crippen molar-refractivity contribution in [1.29, 1.82) is 0 Å². The number of nitrogens with zero attached hydrogens (tertiary/aromatic N) is 2. The van der Waals surface area contributed by atoms with E-state index in [0.29, 0.717) is 16.5 Å². The molecule has 0 radical (unpaired) electrons. The van der Waals surface area contributed by atoms with Crippen LogP contribution in [0.4, 0.5) is 15.8 Å². The predicted octanol–water partition coefficient (Wildman–Crippen LogP) is 4.13. The molecule has 26 heavy (non-hydrogen) atoms. The van der Waals surface area contributed by atoms with Crippen LogP contribution in [0.1, 0.15) is 12.0 Å². The average molecular weight is 354 g/mol. The molecule has 5 nitrogen and oxygen atoms in total. The highest BCUT2D eigenvalue weighted by Gasteiger charge is 2.12. The van der Waals surface area contributed by atoms with Crippen molar-refractivity contribution in [3.05, 3.63) is 53.8 Å². The molecular formula is C20H23FN4O. The summed E-state index contributed by atoms with van der Waals surface area (Å²) in [4.78, 5) is 9.27. The molecule has 2 aromatic carbocycles. The molecule has 0 aliphatic heterocycles. The molecule has 136 valence electrons. The number of anilines is 1. The first-order chi connectivity index (χ1) is 12.5. The summed E-state index contributed by atoms with van der Waals surface area (Å²) in [6, 6.07) is 12.4. The van der Waals surface area contributed by atoms with Gasteiger partial charge in [-0.3, -0.25) is 4.99 Å². The van der Waals surface area contributed by atoms with E-state index >= 15 is 0 Å². The van der Waals surface area contributed by atoms with Crippen LogP contribution in [-0.4, -0.2) is 48.4 Å². The Morgan fingerprint density at radius 1 is 1.19 bits per heavy atom. The lowest BCUT2D eigenvalue weighted by atomic mass is 10.1. The van der Waals surface area contributed by atoms with E-state index in [9.17, 15) is 9.50 Å². The van der Waals surface area contributed by atoms with E-state index in [0.717, 1.165) is 30.9 Å². The smallest absolute Gasteiger partial charge is 0.198 e. The van der Waals surface area contributed by atoms with Crippen molar-refractivity contribution in [1.82, 2.24) is 9.88 Å². The number of H-pyrrole nitrogens is 1. The number of aromatic amines is 1. The van der Waals surface area contributed by atoms with Crippen LogP contribution in [0, 0.1) is 5.82 Å². The molecule has 6 heteroatoms. The Hall–Kier alpha value is -2.86. The minimum absolute atomic E-state index is 0.0898. The first-order valence-electron chi connectivity index (χ1n) is 8.56. The van der Waals surface area contributed by atoms with Crippen molar-refractivity contribution in [2.45, 2.75) is 6.42 Å². The highest BCUT2D eigenvalue weighted by atomic mass is 19.1. The van der Waals surface area contributed by atoms with Crippen LogP contribution in [0.15, 0.2) is 47.5 Å². The number of hydrogen-bond donors (Lipinski definition) is 3. The molecule has 0 bridgehead atoms. The van der Waals surface area contributed by atoms with Crippen LogP contribution in [0.5, 0.6) is 5.88 Å². The number of aliphatic imine (C=N–C) groups is 1. The maximum absolute atomic E-state index is 14.0. The fourth-order valence-electron chi connectivity index (χ4n) is 2.77. The molecule has 0 aliphatic carbocycles. The second kappa shape index (κ2) is 8.01. The van der Waals surface area contributed by atoms with E-state index < -0.39 is 5.82 Å². The van der Waals surface area contributed by atoms with Gasteiger partial charge in [0.05, 0.1) is 16.8 Å². The third kappa shape index (κ3) is 4.21. The van der Waals surface area contributed by atoms with Gasteiger partial charge >= 0.3 is 0 Å². The van der Waals surface area contributed by atoms with E-state index in [4.69, 9.17) is 0 Å². The van der Waals surface area contributed by atoms with Crippen LogP contribution in [-0.2, 0) is 0 Å². The summed E-state index contributed by atoms with van der Waals surface area (Å²) in [5, 5.41) is 13.7. The van der Waals surface area contributed by atoms with Gasteiger partial charge in [-0.25, -0.2) is 4.39 Å². The van der Waals surface area contributed by atoms with Crippen molar-refractivity contribution >= 4 is 28.5 Å². The Labute approximate surface area is 152 Å². The first-order valence-corrected chi connectivity index (χ1v) is 8.56. The van der Waals surface area contributed by atoms with Crippen LogP contribution < -0.4 is 5.32 Å². The summed E-state index contributed by atoms with van der Waals surface area (Å²) in [6.45, 7) is 1.95. The standard InChI is InChI=1S/C20H23FN4O/c1-25(2)12-4-11-22-14-7-9-15(10-8-14)23-13-16-19-17(21)5-3-6-18(19)24-20(16)26/h3,5-10,13,22,24,26H,4,11-12H2,1-2H3. The van der Waals surface area contributed by atoms with Gasteiger partial charge in [-0.15, -0.1) is 0 Å². The minimum Gasteiger partial charge on any atom is -0.494 e. The number of halogens is 1. The highest BCUT2D eigenvalue weighted by molar-refractivity contribution is 6.02. The Morgan fingerprint density at radius 3 is 2.69 bits per heavy atom. The summed E-state index contributed by atoms with van der Waals surface area (Å²) in [5.41, 5.74) is 2.66. The van der Waals surface area contributed by atoms with E-state index in [-0.39, 0.29) is 5.88 Å². The average Bonchev–Trinajstić information content (AvgIpc) is 2.94. The normalized spacial score (nSPS) is 11.7. The van der Waals surface area contributed by atoms with Gasteiger partial charge in [-0.05, 0) is 63.5 Å². The molecule has 3 aromatic rings.